The van der Waals surface area contributed by atoms with Crippen LogP contribution in [0.15, 0.2) is 18.3 Å². The molecule has 2 fully saturated rings. The number of carboxylic acid groups (broad SMARTS) is 1. The van der Waals surface area contributed by atoms with Crippen molar-refractivity contribution >= 4 is 12.1 Å². The second kappa shape index (κ2) is 11.0. The fourth-order valence-electron chi connectivity index (χ4n) is 5.06. The van der Waals surface area contributed by atoms with Gasteiger partial charge in [-0.05, 0) is 56.6 Å². The number of aromatic nitrogens is 3. The van der Waals surface area contributed by atoms with E-state index in [2.05, 4.69) is 10.1 Å². The van der Waals surface area contributed by atoms with Gasteiger partial charge in [0.25, 0.3) is 5.95 Å². The normalized spacial score (nSPS) is 20.5. The number of ether oxygens (including phenoxy) is 2. The first-order valence-corrected chi connectivity index (χ1v) is 12.3. The Kier molecular flexibility index (Phi) is 7.87. The molecule has 190 valence electrons. The van der Waals surface area contributed by atoms with E-state index in [1.165, 1.54) is 18.9 Å². The number of halogens is 1. The Morgan fingerprint density at radius 3 is 2.69 bits per heavy atom. The smallest absolute Gasteiger partial charge is 0.409 e. The van der Waals surface area contributed by atoms with Crippen LogP contribution < -0.4 is 4.74 Å². The van der Waals surface area contributed by atoms with Crippen LogP contribution >= 0.6 is 0 Å². The zero-order chi connectivity index (χ0) is 24.9. The number of aliphatic carboxylic acids is 1. The molecule has 2 aromatic heterocycles. The number of nitrogens with zero attached hydrogens (tertiary/aromatic N) is 4. The molecule has 2 heterocycles. The summed E-state index contributed by atoms with van der Waals surface area (Å²) < 4.78 is 27.7. The molecule has 1 N–H and O–H groups in total. The highest BCUT2D eigenvalue weighted by molar-refractivity contribution is 5.70. The van der Waals surface area contributed by atoms with Crippen molar-refractivity contribution < 1.29 is 28.6 Å². The summed E-state index contributed by atoms with van der Waals surface area (Å²) >= 11 is 0. The summed E-state index contributed by atoms with van der Waals surface area (Å²) in [5.41, 5.74) is 1.51. The summed E-state index contributed by atoms with van der Waals surface area (Å²) in [4.78, 5) is 29.4. The third-order valence-electron chi connectivity index (χ3n) is 7.07. The van der Waals surface area contributed by atoms with Gasteiger partial charge < -0.3 is 19.5 Å². The van der Waals surface area contributed by atoms with Crippen LogP contribution in [0, 0.1) is 17.8 Å². The standard InChI is InChI=1S/C25H33FN4O5/c1-29(14-16-6-3-4-7-16)25(33)34-15-21-19(13-27-30(21)2)20-10-11-22(23(26)28-20)35-18-9-5-8-17(12-18)24(31)32/h10-11,13,16-18H,3-9,12,14-15H2,1-2H3,(H,31,32)/t17-,18?/m0/s1. The Bertz CT molecular complexity index is 1050. The maximum absolute atomic E-state index is 14.8. The maximum atomic E-state index is 14.8. The van der Waals surface area contributed by atoms with Gasteiger partial charge in [0, 0.05) is 26.2 Å². The van der Waals surface area contributed by atoms with E-state index < -0.39 is 23.9 Å². The van der Waals surface area contributed by atoms with Crippen LogP contribution in [-0.2, 0) is 23.2 Å². The van der Waals surface area contributed by atoms with Crippen molar-refractivity contribution in [2.45, 2.75) is 64.1 Å². The minimum absolute atomic E-state index is 0.00445. The third-order valence-corrected chi connectivity index (χ3v) is 7.07. The molecule has 10 heteroatoms. The van der Waals surface area contributed by atoms with E-state index in [0.717, 1.165) is 19.3 Å². The molecule has 0 radical (unpaired) electrons. The van der Waals surface area contributed by atoms with Crippen LogP contribution in [0.1, 0.15) is 57.1 Å². The number of carbonyl (C=O) groups excluding carboxylic acids is 1. The van der Waals surface area contributed by atoms with Gasteiger partial charge in [0.05, 0.1) is 29.6 Å². The van der Waals surface area contributed by atoms with E-state index in [-0.39, 0.29) is 18.5 Å². The second-order valence-corrected chi connectivity index (χ2v) is 9.64. The third kappa shape index (κ3) is 6.10. The SMILES string of the molecule is CN(CC1CCCC1)C(=O)OCc1c(-c2ccc(OC3CCC[C@H](C(=O)O)C3)c(F)n2)cnn1C. The zero-order valence-electron chi connectivity index (χ0n) is 20.3. The minimum atomic E-state index is -0.846. The van der Waals surface area contributed by atoms with Crippen molar-refractivity contribution in [1.29, 1.82) is 0 Å². The van der Waals surface area contributed by atoms with Crippen LogP contribution in [0.3, 0.4) is 0 Å². The topological polar surface area (TPSA) is 107 Å². The summed E-state index contributed by atoms with van der Waals surface area (Å²) in [6, 6.07) is 3.13. The molecule has 2 aliphatic rings. The monoisotopic (exact) mass is 488 g/mol. The molecule has 0 saturated heterocycles. The molecule has 0 bridgehead atoms. The van der Waals surface area contributed by atoms with Gasteiger partial charge in [0.2, 0.25) is 0 Å². The van der Waals surface area contributed by atoms with Crippen LogP contribution in [0.5, 0.6) is 5.75 Å². The first kappa shape index (κ1) is 24.9. The number of rotatable bonds is 8. The molecule has 2 atom stereocenters. The number of amides is 1. The van der Waals surface area contributed by atoms with E-state index in [1.807, 2.05) is 0 Å². The van der Waals surface area contributed by atoms with E-state index in [9.17, 15) is 19.1 Å². The van der Waals surface area contributed by atoms with E-state index in [0.29, 0.717) is 48.7 Å². The highest BCUT2D eigenvalue weighted by Gasteiger charge is 2.29. The minimum Gasteiger partial charge on any atom is -0.486 e. The average molecular weight is 489 g/mol. The second-order valence-electron chi connectivity index (χ2n) is 9.64. The fourth-order valence-corrected chi connectivity index (χ4v) is 5.06. The molecule has 2 aliphatic carbocycles. The van der Waals surface area contributed by atoms with Crippen LogP contribution in [0.2, 0.25) is 0 Å². The molecule has 0 aliphatic heterocycles. The van der Waals surface area contributed by atoms with Crippen molar-refractivity contribution in [3.63, 3.8) is 0 Å². The molecule has 2 saturated carbocycles. The Labute approximate surface area is 204 Å². The van der Waals surface area contributed by atoms with Crippen LogP contribution in [0.4, 0.5) is 9.18 Å². The molecular weight excluding hydrogens is 455 g/mol. The van der Waals surface area contributed by atoms with Crippen molar-refractivity contribution in [3.05, 3.63) is 30.0 Å². The van der Waals surface area contributed by atoms with Gasteiger partial charge in [-0.2, -0.15) is 9.49 Å². The highest BCUT2D eigenvalue weighted by Crippen LogP contribution is 2.31. The molecule has 0 spiro atoms. The van der Waals surface area contributed by atoms with Gasteiger partial charge in [-0.25, -0.2) is 9.78 Å². The molecule has 35 heavy (non-hydrogen) atoms. The maximum Gasteiger partial charge on any atom is 0.409 e. The number of hydrogen-bond donors (Lipinski definition) is 1. The highest BCUT2D eigenvalue weighted by atomic mass is 19.1. The lowest BCUT2D eigenvalue weighted by molar-refractivity contribution is -0.143. The predicted molar refractivity (Wildman–Crippen MR) is 125 cm³/mol. The fraction of sp³-hybridized carbons (Fsp3) is 0.600. The van der Waals surface area contributed by atoms with Gasteiger partial charge in [0.15, 0.2) is 5.75 Å². The molecular formula is C25H33FN4O5. The van der Waals surface area contributed by atoms with Gasteiger partial charge >= 0.3 is 12.1 Å². The number of carbonyl (C=O) groups is 2. The van der Waals surface area contributed by atoms with Gasteiger partial charge in [-0.3, -0.25) is 9.48 Å². The number of carboxylic acids is 1. The Morgan fingerprint density at radius 2 is 1.97 bits per heavy atom. The van der Waals surface area contributed by atoms with Crippen molar-refractivity contribution in [2.75, 3.05) is 13.6 Å². The van der Waals surface area contributed by atoms with Crippen LogP contribution in [0.25, 0.3) is 11.3 Å². The first-order chi connectivity index (χ1) is 16.8. The van der Waals surface area contributed by atoms with E-state index in [1.54, 1.807) is 35.9 Å². The molecule has 1 unspecified atom stereocenters. The van der Waals surface area contributed by atoms with Gasteiger partial charge in [-0.1, -0.05) is 12.8 Å². The van der Waals surface area contributed by atoms with E-state index in [4.69, 9.17) is 9.47 Å². The molecule has 1 amide bonds. The number of pyridine rings is 1. The van der Waals surface area contributed by atoms with Gasteiger partial charge in [0.1, 0.15) is 6.61 Å². The number of aryl methyl sites for hydroxylation is 1. The lowest BCUT2D eigenvalue weighted by Gasteiger charge is -2.27. The van der Waals surface area contributed by atoms with Crippen molar-refractivity contribution in [1.82, 2.24) is 19.7 Å². The molecule has 4 rings (SSSR count). The van der Waals surface area contributed by atoms with Crippen LogP contribution in [-0.4, -0.2) is 56.5 Å². The summed E-state index contributed by atoms with van der Waals surface area (Å²) in [7, 11) is 3.47. The number of hydrogen-bond acceptors (Lipinski definition) is 6. The quantitative estimate of drug-likeness (QED) is 0.549. The Hall–Kier alpha value is -3.17. The van der Waals surface area contributed by atoms with E-state index >= 15 is 0 Å². The summed E-state index contributed by atoms with van der Waals surface area (Å²) in [5, 5.41) is 13.5. The summed E-state index contributed by atoms with van der Waals surface area (Å²) in [6.45, 7) is 0.666. The van der Waals surface area contributed by atoms with Gasteiger partial charge in [-0.15, -0.1) is 0 Å². The Morgan fingerprint density at radius 1 is 1.20 bits per heavy atom. The van der Waals surface area contributed by atoms with Crippen molar-refractivity contribution in [3.8, 4) is 17.0 Å². The summed E-state index contributed by atoms with van der Waals surface area (Å²) in [5.74, 6) is -1.57. The Balaban J connectivity index is 1.40. The molecule has 0 aromatic carbocycles. The molecule has 2 aromatic rings. The lowest BCUT2D eigenvalue weighted by atomic mass is 9.87. The average Bonchev–Trinajstić information content (AvgIpc) is 3.48. The lowest BCUT2D eigenvalue weighted by Crippen LogP contribution is -2.31. The first-order valence-electron chi connectivity index (χ1n) is 12.3. The predicted octanol–water partition coefficient (Wildman–Crippen LogP) is 4.40. The zero-order valence-corrected chi connectivity index (χ0v) is 20.3. The largest absolute Gasteiger partial charge is 0.486 e. The van der Waals surface area contributed by atoms with Crippen molar-refractivity contribution in [2.24, 2.45) is 18.9 Å². The summed E-state index contributed by atoms with van der Waals surface area (Å²) in [6.07, 6.45) is 7.87. The molecule has 9 nitrogen and oxygen atoms in total.